The number of amides is 2. The molecular weight excluding hydrogens is 406 g/mol. The Hall–Kier alpha value is -3.39. The molecular formula is C24H27N5O3. The van der Waals surface area contributed by atoms with Crippen LogP contribution in [0.15, 0.2) is 47.5 Å². The lowest BCUT2D eigenvalue weighted by atomic mass is 10.0. The maximum atomic E-state index is 12.7. The fourth-order valence-electron chi connectivity index (χ4n) is 3.83. The molecule has 0 aromatic heterocycles. The van der Waals surface area contributed by atoms with Gasteiger partial charge in [-0.1, -0.05) is 6.07 Å². The lowest BCUT2D eigenvalue weighted by molar-refractivity contribution is -0.00346. The number of guanidine groups is 1. The Morgan fingerprint density at radius 2 is 1.88 bits per heavy atom. The van der Waals surface area contributed by atoms with E-state index in [1.165, 1.54) is 0 Å². The summed E-state index contributed by atoms with van der Waals surface area (Å²) in [6.45, 7) is 2.68. The molecule has 8 nitrogen and oxygen atoms in total. The number of nitrogens with one attached hydrogen (secondary N) is 4. The van der Waals surface area contributed by atoms with Gasteiger partial charge >= 0.3 is 0 Å². The van der Waals surface area contributed by atoms with Crippen molar-refractivity contribution >= 4 is 29.1 Å². The standard InChI is InChI=1S/C24H27N5O3/c30-22(28-19-13-32-14-19)16-3-1-4-18(11-16)27-21-8-7-17(12-20(21)15-5-6-15)23(31)29-24-25-9-2-10-26-24/h1,3-4,7-8,11-12,15,19,27H,2,5-6,9-10,13-14H2,(H,28,30)(H2,25,26,29,31). The van der Waals surface area contributed by atoms with Crippen LogP contribution in [0.5, 0.6) is 0 Å². The summed E-state index contributed by atoms with van der Waals surface area (Å²) in [6, 6.07) is 13.3. The Morgan fingerprint density at radius 3 is 2.59 bits per heavy atom. The van der Waals surface area contributed by atoms with Gasteiger partial charge in [-0.05, 0) is 67.1 Å². The summed E-state index contributed by atoms with van der Waals surface area (Å²) >= 11 is 0. The molecule has 0 atom stereocenters. The van der Waals surface area contributed by atoms with Crippen LogP contribution in [0.2, 0.25) is 0 Å². The topological polar surface area (TPSA) is 104 Å². The molecule has 2 fully saturated rings. The number of carbonyl (C=O) groups is 2. The summed E-state index contributed by atoms with van der Waals surface area (Å²) in [5.41, 5.74) is 4.14. The number of rotatable bonds is 6. The van der Waals surface area contributed by atoms with E-state index in [2.05, 4.69) is 26.3 Å². The van der Waals surface area contributed by atoms with Crippen molar-refractivity contribution in [2.45, 2.75) is 31.2 Å². The minimum Gasteiger partial charge on any atom is -0.377 e. The first-order valence-corrected chi connectivity index (χ1v) is 11.1. The zero-order valence-corrected chi connectivity index (χ0v) is 17.8. The largest absolute Gasteiger partial charge is 0.377 e. The van der Waals surface area contributed by atoms with Crippen molar-refractivity contribution in [1.29, 1.82) is 0 Å². The predicted octanol–water partition coefficient (Wildman–Crippen LogP) is 2.52. The molecule has 2 amide bonds. The molecule has 0 spiro atoms. The van der Waals surface area contributed by atoms with E-state index in [-0.39, 0.29) is 17.9 Å². The molecule has 1 saturated heterocycles. The number of benzene rings is 2. The first kappa shape index (κ1) is 20.5. The zero-order valence-electron chi connectivity index (χ0n) is 17.8. The number of aliphatic imine (C=N–C) groups is 1. The third kappa shape index (κ3) is 4.75. The number of ether oxygens (including phenoxy) is 1. The number of anilines is 2. The van der Waals surface area contributed by atoms with E-state index in [9.17, 15) is 9.59 Å². The number of hydrogen-bond acceptors (Lipinski definition) is 6. The van der Waals surface area contributed by atoms with Crippen molar-refractivity contribution < 1.29 is 14.3 Å². The highest BCUT2D eigenvalue weighted by molar-refractivity contribution is 6.06. The van der Waals surface area contributed by atoms with E-state index in [1.54, 1.807) is 6.07 Å². The Bertz CT molecular complexity index is 1060. The fraction of sp³-hybridized carbons (Fsp3) is 0.375. The molecule has 2 heterocycles. The fourth-order valence-corrected chi connectivity index (χ4v) is 3.83. The van der Waals surface area contributed by atoms with E-state index >= 15 is 0 Å². The van der Waals surface area contributed by atoms with Crippen LogP contribution in [0, 0.1) is 0 Å². The molecule has 0 bridgehead atoms. The Kier molecular flexibility index (Phi) is 5.77. The second-order valence-electron chi connectivity index (χ2n) is 8.45. The third-order valence-electron chi connectivity index (χ3n) is 5.84. The summed E-state index contributed by atoms with van der Waals surface area (Å²) in [6.07, 6.45) is 3.20. The molecule has 2 aromatic rings. The van der Waals surface area contributed by atoms with Crippen molar-refractivity contribution in [1.82, 2.24) is 16.0 Å². The molecule has 1 saturated carbocycles. The number of carbonyl (C=O) groups excluding carboxylic acids is 2. The smallest absolute Gasteiger partial charge is 0.257 e. The first-order valence-electron chi connectivity index (χ1n) is 11.1. The van der Waals surface area contributed by atoms with Crippen LogP contribution in [0.25, 0.3) is 0 Å². The average molecular weight is 434 g/mol. The van der Waals surface area contributed by atoms with Gasteiger partial charge in [-0.3, -0.25) is 19.9 Å². The quantitative estimate of drug-likeness (QED) is 0.561. The van der Waals surface area contributed by atoms with Crippen LogP contribution in [0.1, 0.15) is 51.5 Å². The maximum absolute atomic E-state index is 12.7. The normalized spacial score (nSPS) is 18.1. The van der Waals surface area contributed by atoms with Gasteiger partial charge in [-0.15, -0.1) is 0 Å². The summed E-state index contributed by atoms with van der Waals surface area (Å²) in [5, 5.41) is 12.4. The minimum atomic E-state index is -0.162. The van der Waals surface area contributed by atoms with Gasteiger partial charge in [0.15, 0.2) is 5.96 Å². The van der Waals surface area contributed by atoms with Crippen LogP contribution in [0.4, 0.5) is 11.4 Å². The van der Waals surface area contributed by atoms with E-state index in [0.717, 1.165) is 49.3 Å². The van der Waals surface area contributed by atoms with Crippen LogP contribution in [-0.4, -0.2) is 50.1 Å². The van der Waals surface area contributed by atoms with Gasteiger partial charge in [-0.2, -0.15) is 0 Å². The highest BCUT2D eigenvalue weighted by Gasteiger charge is 2.27. The van der Waals surface area contributed by atoms with E-state index in [1.807, 2.05) is 36.4 Å². The van der Waals surface area contributed by atoms with Gasteiger partial charge in [0, 0.05) is 35.6 Å². The SMILES string of the molecule is O=C(NC1=NCCCN1)c1ccc(Nc2cccc(C(=O)NC3COC3)c2)c(C2CC2)c1. The molecule has 5 rings (SSSR count). The van der Waals surface area contributed by atoms with Gasteiger partial charge in [0.1, 0.15) is 0 Å². The molecule has 4 N–H and O–H groups in total. The van der Waals surface area contributed by atoms with Crippen molar-refractivity contribution in [2.24, 2.45) is 4.99 Å². The Balaban J connectivity index is 1.31. The van der Waals surface area contributed by atoms with Crippen molar-refractivity contribution in [2.75, 3.05) is 31.6 Å². The second kappa shape index (κ2) is 9.00. The zero-order chi connectivity index (χ0) is 21.9. The summed E-state index contributed by atoms with van der Waals surface area (Å²) in [7, 11) is 0. The molecule has 32 heavy (non-hydrogen) atoms. The molecule has 1 aliphatic carbocycles. The molecule has 2 aliphatic heterocycles. The second-order valence-corrected chi connectivity index (χ2v) is 8.45. The average Bonchev–Trinajstić information content (AvgIpc) is 3.62. The van der Waals surface area contributed by atoms with Crippen LogP contribution >= 0.6 is 0 Å². The van der Waals surface area contributed by atoms with Crippen molar-refractivity contribution in [3.63, 3.8) is 0 Å². The van der Waals surface area contributed by atoms with E-state index in [4.69, 9.17) is 4.74 Å². The molecule has 2 aromatic carbocycles. The Labute approximate surface area is 186 Å². The molecule has 0 radical (unpaired) electrons. The highest BCUT2D eigenvalue weighted by Crippen LogP contribution is 2.44. The van der Waals surface area contributed by atoms with Crippen molar-refractivity contribution in [3.8, 4) is 0 Å². The monoisotopic (exact) mass is 433 g/mol. The summed E-state index contributed by atoms with van der Waals surface area (Å²) in [5.74, 6) is 0.723. The molecule has 166 valence electrons. The molecule has 8 heteroatoms. The first-order chi connectivity index (χ1) is 15.7. The lowest BCUT2D eigenvalue weighted by Crippen LogP contribution is -2.48. The minimum absolute atomic E-state index is 0.0917. The van der Waals surface area contributed by atoms with Crippen LogP contribution in [0.3, 0.4) is 0 Å². The third-order valence-corrected chi connectivity index (χ3v) is 5.84. The summed E-state index contributed by atoms with van der Waals surface area (Å²) in [4.78, 5) is 29.5. The van der Waals surface area contributed by atoms with Gasteiger partial charge in [0.05, 0.1) is 19.3 Å². The van der Waals surface area contributed by atoms with Crippen LogP contribution < -0.4 is 21.3 Å². The van der Waals surface area contributed by atoms with Gasteiger partial charge in [0.2, 0.25) is 0 Å². The number of hydrogen-bond donors (Lipinski definition) is 4. The predicted molar refractivity (Wildman–Crippen MR) is 123 cm³/mol. The van der Waals surface area contributed by atoms with Gasteiger partial charge in [-0.25, -0.2) is 0 Å². The van der Waals surface area contributed by atoms with Crippen LogP contribution in [-0.2, 0) is 4.74 Å². The van der Waals surface area contributed by atoms with E-state index in [0.29, 0.717) is 36.2 Å². The molecule has 3 aliphatic rings. The molecule has 0 unspecified atom stereocenters. The van der Waals surface area contributed by atoms with Gasteiger partial charge in [0.25, 0.3) is 11.8 Å². The van der Waals surface area contributed by atoms with E-state index < -0.39 is 0 Å². The number of nitrogens with zero attached hydrogens (tertiary/aromatic N) is 1. The highest BCUT2D eigenvalue weighted by atomic mass is 16.5. The van der Waals surface area contributed by atoms with Crippen molar-refractivity contribution in [3.05, 3.63) is 59.2 Å². The lowest BCUT2D eigenvalue weighted by Gasteiger charge is -2.26. The van der Waals surface area contributed by atoms with Gasteiger partial charge < -0.3 is 20.7 Å². The maximum Gasteiger partial charge on any atom is 0.257 e. The Morgan fingerprint density at radius 1 is 1.03 bits per heavy atom. The summed E-state index contributed by atoms with van der Waals surface area (Å²) < 4.78 is 5.12.